The zero-order chi connectivity index (χ0) is 12.4. The molecular formula is C15H14N2S. The van der Waals surface area contributed by atoms with E-state index in [9.17, 15) is 0 Å². The summed E-state index contributed by atoms with van der Waals surface area (Å²) in [4.78, 5) is 0. The predicted molar refractivity (Wildman–Crippen MR) is 81.1 cm³/mol. The van der Waals surface area contributed by atoms with Crippen LogP contribution >= 0.6 is 11.3 Å². The second-order valence-corrected chi connectivity index (χ2v) is 5.10. The Bertz CT molecular complexity index is 659. The quantitative estimate of drug-likeness (QED) is 0.708. The Kier molecular flexibility index (Phi) is 2.90. The third kappa shape index (κ3) is 1.93. The number of hydrogen-bond acceptors (Lipinski definition) is 3. The van der Waals surface area contributed by atoms with Crippen LogP contribution in [0, 0.1) is 0 Å². The van der Waals surface area contributed by atoms with Crippen LogP contribution in [0.15, 0.2) is 54.6 Å². The first kappa shape index (κ1) is 11.1. The molecule has 2 N–H and O–H groups in total. The van der Waals surface area contributed by atoms with E-state index in [1.807, 2.05) is 25.2 Å². The molecule has 0 atom stereocenters. The van der Waals surface area contributed by atoms with E-state index in [1.54, 1.807) is 11.3 Å². The molecule has 2 aromatic carbocycles. The van der Waals surface area contributed by atoms with Gasteiger partial charge in [0.25, 0.3) is 0 Å². The number of nitrogens with one attached hydrogen (secondary N) is 2. The Morgan fingerprint density at radius 2 is 1.61 bits per heavy atom. The maximum absolute atomic E-state index is 3.49. The van der Waals surface area contributed by atoms with Crippen LogP contribution in [0.3, 0.4) is 0 Å². The fourth-order valence-electron chi connectivity index (χ4n) is 2.01. The zero-order valence-electron chi connectivity index (χ0n) is 10.1. The number of anilines is 3. The number of fused-ring (bicyclic) bond motifs is 1. The molecule has 0 amide bonds. The molecule has 0 radical (unpaired) electrons. The van der Waals surface area contributed by atoms with Gasteiger partial charge in [-0.2, -0.15) is 0 Å². The number of thiophene rings is 1. The molecule has 1 heterocycles. The second-order valence-electron chi connectivity index (χ2n) is 4.04. The van der Waals surface area contributed by atoms with E-state index in [0.29, 0.717) is 0 Å². The van der Waals surface area contributed by atoms with Crippen molar-refractivity contribution < 1.29 is 0 Å². The van der Waals surface area contributed by atoms with Gasteiger partial charge in [-0.1, -0.05) is 36.4 Å². The normalized spacial score (nSPS) is 10.5. The Balaban J connectivity index is 2.10. The second kappa shape index (κ2) is 4.70. The molecule has 0 aliphatic carbocycles. The van der Waals surface area contributed by atoms with Crippen molar-refractivity contribution in [3.8, 4) is 0 Å². The van der Waals surface area contributed by atoms with Gasteiger partial charge in [-0.3, -0.25) is 0 Å². The first-order chi connectivity index (χ1) is 8.88. The SMILES string of the molecule is CNc1sc2ccccc2c1Nc1ccccc1. The monoisotopic (exact) mass is 254 g/mol. The molecule has 18 heavy (non-hydrogen) atoms. The Hall–Kier alpha value is -2.00. The van der Waals surface area contributed by atoms with Crippen LogP contribution < -0.4 is 10.6 Å². The molecule has 0 fully saturated rings. The van der Waals surface area contributed by atoms with Crippen LogP contribution in [0.25, 0.3) is 10.1 Å². The number of benzene rings is 2. The van der Waals surface area contributed by atoms with Gasteiger partial charge in [0.2, 0.25) is 0 Å². The third-order valence-corrected chi connectivity index (χ3v) is 4.05. The molecule has 2 nitrogen and oxygen atoms in total. The van der Waals surface area contributed by atoms with E-state index in [4.69, 9.17) is 0 Å². The summed E-state index contributed by atoms with van der Waals surface area (Å²) in [7, 11) is 1.96. The minimum absolute atomic E-state index is 1.11. The fourth-order valence-corrected chi connectivity index (χ4v) is 3.02. The van der Waals surface area contributed by atoms with Crippen LogP contribution in [0.1, 0.15) is 0 Å². The highest BCUT2D eigenvalue weighted by Gasteiger charge is 2.10. The Morgan fingerprint density at radius 1 is 0.889 bits per heavy atom. The lowest BCUT2D eigenvalue weighted by molar-refractivity contribution is 1.55. The van der Waals surface area contributed by atoms with Crippen LogP contribution in [0.4, 0.5) is 16.4 Å². The van der Waals surface area contributed by atoms with Gasteiger partial charge in [0.05, 0.1) is 5.69 Å². The standard InChI is InChI=1S/C15H14N2S/c1-16-15-14(17-11-7-3-2-4-8-11)12-9-5-6-10-13(12)18-15/h2-10,16-17H,1H3. The lowest BCUT2D eigenvalue weighted by Gasteiger charge is -2.07. The molecule has 3 heteroatoms. The molecule has 1 aromatic heterocycles. The van der Waals surface area contributed by atoms with E-state index in [-0.39, 0.29) is 0 Å². The summed E-state index contributed by atoms with van der Waals surface area (Å²) in [5.41, 5.74) is 2.27. The summed E-state index contributed by atoms with van der Waals surface area (Å²) in [6.07, 6.45) is 0. The molecule has 90 valence electrons. The molecule has 0 saturated carbocycles. The molecule has 0 aliphatic heterocycles. The van der Waals surface area contributed by atoms with E-state index in [2.05, 4.69) is 47.0 Å². The lowest BCUT2D eigenvalue weighted by Crippen LogP contribution is -1.93. The van der Waals surface area contributed by atoms with E-state index >= 15 is 0 Å². The molecule has 0 spiro atoms. The first-order valence-corrected chi connectivity index (χ1v) is 6.71. The molecule has 0 aliphatic rings. The number of para-hydroxylation sites is 1. The smallest absolute Gasteiger partial charge is 0.113 e. The van der Waals surface area contributed by atoms with Crippen molar-refractivity contribution in [3.63, 3.8) is 0 Å². The van der Waals surface area contributed by atoms with Gasteiger partial charge in [0, 0.05) is 22.8 Å². The van der Waals surface area contributed by atoms with Gasteiger partial charge in [-0.05, 0) is 18.2 Å². The highest BCUT2D eigenvalue weighted by Crippen LogP contribution is 2.41. The van der Waals surface area contributed by atoms with Gasteiger partial charge in [-0.25, -0.2) is 0 Å². The van der Waals surface area contributed by atoms with Crippen LogP contribution in [-0.2, 0) is 0 Å². The maximum Gasteiger partial charge on any atom is 0.113 e. The molecule has 3 aromatic rings. The summed E-state index contributed by atoms with van der Waals surface area (Å²) >= 11 is 1.77. The summed E-state index contributed by atoms with van der Waals surface area (Å²) in [5, 5.41) is 9.18. The van der Waals surface area contributed by atoms with E-state index in [1.165, 1.54) is 15.1 Å². The number of hydrogen-bond donors (Lipinski definition) is 2. The van der Waals surface area contributed by atoms with Crippen molar-refractivity contribution in [1.82, 2.24) is 0 Å². The summed E-state index contributed by atoms with van der Waals surface area (Å²) < 4.78 is 1.29. The van der Waals surface area contributed by atoms with Crippen molar-refractivity contribution in [2.45, 2.75) is 0 Å². The third-order valence-electron chi connectivity index (χ3n) is 2.87. The molecule has 3 rings (SSSR count). The summed E-state index contributed by atoms with van der Waals surface area (Å²) in [6, 6.07) is 18.7. The van der Waals surface area contributed by atoms with Gasteiger partial charge < -0.3 is 10.6 Å². The molecule has 0 bridgehead atoms. The Morgan fingerprint density at radius 3 is 2.39 bits per heavy atom. The molecular weight excluding hydrogens is 240 g/mol. The van der Waals surface area contributed by atoms with Gasteiger partial charge in [0.1, 0.15) is 5.00 Å². The van der Waals surface area contributed by atoms with Crippen molar-refractivity contribution in [3.05, 3.63) is 54.6 Å². The minimum Gasteiger partial charge on any atom is -0.378 e. The molecule has 0 saturated heterocycles. The highest BCUT2D eigenvalue weighted by molar-refractivity contribution is 7.23. The van der Waals surface area contributed by atoms with Gasteiger partial charge in [0.15, 0.2) is 0 Å². The Labute approximate surface area is 110 Å². The van der Waals surface area contributed by atoms with E-state index in [0.717, 1.165) is 11.4 Å². The lowest BCUT2D eigenvalue weighted by atomic mass is 10.2. The highest BCUT2D eigenvalue weighted by atomic mass is 32.1. The van der Waals surface area contributed by atoms with Gasteiger partial charge in [-0.15, -0.1) is 11.3 Å². The minimum atomic E-state index is 1.11. The predicted octanol–water partition coefficient (Wildman–Crippen LogP) is 4.69. The average Bonchev–Trinajstić information content (AvgIpc) is 2.78. The summed E-state index contributed by atoms with van der Waals surface area (Å²) in [5.74, 6) is 0. The fraction of sp³-hybridized carbons (Fsp3) is 0.0667. The van der Waals surface area contributed by atoms with Crippen LogP contribution in [-0.4, -0.2) is 7.05 Å². The topological polar surface area (TPSA) is 24.1 Å². The van der Waals surface area contributed by atoms with Crippen molar-refractivity contribution in [2.24, 2.45) is 0 Å². The van der Waals surface area contributed by atoms with Crippen molar-refractivity contribution in [2.75, 3.05) is 17.7 Å². The first-order valence-electron chi connectivity index (χ1n) is 5.90. The molecule has 0 unspecified atom stereocenters. The van der Waals surface area contributed by atoms with E-state index < -0.39 is 0 Å². The number of rotatable bonds is 3. The largest absolute Gasteiger partial charge is 0.378 e. The van der Waals surface area contributed by atoms with Crippen molar-refractivity contribution in [1.29, 1.82) is 0 Å². The van der Waals surface area contributed by atoms with Crippen molar-refractivity contribution >= 4 is 37.8 Å². The zero-order valence-corrected chi connectivity index (χ0v) is 10.9. The van der Waals surface area contributed by atoms with Gasteiger partial charge >= 0.3 is 0 Å². The van der Waals surface area contributed by atoms with Crippen LogP contribution in [0.5, 0.6) is 0 Å². The van der Waals surface area contributed by atoms with Crippen LogP contribution in [0.2, 0.25) is 0 Å². The maximum atomic E-state index is 3.49. The average molecular weight is 254 g/mol. The summed E-state index contributed by atoms with van der Waals surface area (Å²) in [6.45, 7) is 0.